The Balaban J connectivity index is 1.91. The van der Waals surface area contributed by atoms with Crippen LogP contribution in [0, 0.1) is 5.92 Å². The maximum absolute atomic E-state index is 12.1. The SMILES string of the molecule is CC(C)C(=O)NCCNC(=O)NC1CCCOc2c1ccc(Cl)c2Cl. The summed E-state index contributed by atoms with van der Waals surface area (Å²) in [6.45, 7) is 4.89. The van der Waals surface area contributed by atoms with Crippen molar-refractivity contribution < 1.29 is 14.3 Å². The van der Waals surface area contributed by atoms with E-state index in [2.05, 4.69) is 16.0 Å². The molecule has 25 heavy (non-hydrogen) atoms. The molecule has 0 fully saturated rings. The second-order valence-corrected chi connectivity index (χ2v) is 6.95. The lowest BCUT2D eigenvalue weighted by atomic mass is 10.0. The lowest BCUT2D eigenvalue weighted by Gasteiger charge is -2.20. The first-order valence-electron chi connectivity index (χ1n) is 8.33. The van der Waals surface area contributed by atoms with Gasteiger partial charge < -0.3 is 20.7 Å². The minimum absolute atomic E-state index is 0.0384. The molecule has 1 heterocycles. The van der Waals surface area contributed by atoms with E-state index in [-0.39, 0.29) is 23.9 Å². The van der Waals surface area contributed by atoms with Crippen molar-refractivity contribution in [3.8, 4) is 5.75 Å². The smallest absolute Gasteiger partial charge is 0.315 e. The average Bonchev–Trinajstić information content (AvgIpc) is 2.77. The molecule has 0 aromatic heterocycles. The number of urea groups is 1. The minimum Gasteiger partial charge on any atom is -0.492 e. The Morgan fingerprint density at radius 1 is 1.24 bits per heavy atom. The van der Waals surface area contributed by atoms with Crippen molar-refractivity contribution in [1.82, 2.24) is 16.0 Å². The maximum atomic E-state index is 12.1. The predicted molar refractivity (Wildman–Crippen MR) is 98.3 cm³/mol. The number of ether oxygens (including phenoxy) is 1. The van der Waals surface area contributed by atoms with Crippen LogP contribution in [0.5, 0.6) is 5.75 Å². The molecule has 0 saturated heterocycles. The quantitative estimate of drug-likeness (QED) is 0.678. The number of carbonyl (C=O) groups is 2. The van der Waals surface area contributed by atoms with E-state index in [1.807, 2.05) is 19.9 Å². The first kappa shape index (κ1) is 19.7. The highest BCUT2D eigenvalue weighted by molar-refractivity contribution is 6.43. The number of hydrogen-bond donors (Lipinski definition) is 3. The molecule has 3 amide bonds. The Kier molecular flexibility index (Phi) is 7.20. The van der Waals surface area contributed by atoms with Crippen molar-refractivity contribution in [3.63, 3.8) is 0 Å². The molecule has 1 aliphatic heterocycles. The van der Waals surface area contributed by atoms with E-state index in [1.165, 1.54) is 0 Å². The average molecular weight is 388 g/mol. The van der Waals surface area contributed by atoms with E-state index in [1.54, 1.807) is 6.07 Å². The Labute approximate surface area is 157 Å². The fourth-order valence-corrected chi connectivity index (χ4v) is 2.89. The molecule has 2 rings (SSSR count). The monoisotopic (exact) mass is 387 g/mol. The molecule has 6 nitrogen and oxygen atoms in total. The lowest BCUT2D eigenvalue weighted by molar-refractivity contribution is -0.123. The third kappa shape index (κ3) is 5.41. The summed E-state index contributed by atoms with van der Waals surface area (Å²) in [6, 6.07) is 3.01. The van der Waals surface area contributed by atoms with Crippen LogP contribution in [-0.2, 0) is 4.79 Å². The van der Waals surface area contributed by atoms with Crippen molar-refractivity contribution in [2.75, 3.05) is 19.7 Å². The number of hydrogen-bond acceptors (Lipinski definition) is 3. The first-order valence-corrected chi connectivity index (χ1v) is 9.08. The maximum Gasteiger partial charge on any atom is 0.315 e. The Hall–Kier alpha value is -1.66. The number of nitrogens with one attached hydrogen (secondary N) is 3. The van der Waals surface area contributed by atoms with Crippen molar-refractivity contribution in [2.24, 2.45) is 5.92 Å². The number of benzene rings is 1. The summed E-state index contributed by atoms with van der Waals surface area (Å²) < 4.78 is 5.68. The van der Waals surface area contributed by atoms with Gasteiger partial charge in [-0.15, -0.1) is 0 Å². The van der Waals surface area contributed by atoms with E-state index in [0.717, 1.165) is 18.4 Å². The summed E-state index contributed by atoms with van der Waals surface area (Å²) in [5.74, 6) is 0.414. The van der Waals surface area contributed by atoms with Gasteiger partial charge in [-0.3, -0.25) is 4.79 Å². The van der Waals surface area contributed by atoms with E-state index in [9.17, 15) is 9.59 Å². The molecule has 8 heteroatoms. The fraction of sp³-hybridized carbons (Fsp3) is 0.529. The highest BCUT2D eigenvalue weighted by Gasteiger charge is 2.24. The van der Waals surface area contributed by atoms with E-state index in [4.69, 9.17) is 27.9 Å². The van der Waals surface area contributed by atoms with Gasteiger partial charge in [0.1, 0.15) is 10.8 Å². The number of amides is 3. The van der Waals surface area contributed by atoms with Gasteiger partial charge in [0.05, 0.1) is 17.7 Å². The van der Waals surface area contributed by atoms with Crippen molar-refractivity contribution in [2.45, 2.75) is 32.7 Å². The van der Waals surface area contributed by atoms with Crippen LogP contribution in [0.2, 0.25) is 10.0 Å². The minimum atomic E-state index is -0.303. The third-order valence-corrected chi connectivity index (χ3v) is 4.67. The van der Waals surface area contributed by atoms with Crippen LogP contribution < -0.4 is 20.7 Å². The largest absolute Gasteiger partial charge is 0.492 e. The standard InChI is InChI=1S/C17H23Cl2N3O3/c1-10(2)16(23)20-7-8-21-17(24)22-13-4-3-9-25-15-11(13)5-6-12(18)14(15)19/h5-6,10,13H,3-4,7-9H2,1-2H3,(H,20,23)(H2,21,22,24). The van der Waals surface area contributed by atoms with Crippen LogP contribution >= 0.6 is 23.2 Å². The molecule has 0 radical (unpaired) electrons. The molecule has 1 atom stereocenters. The van der Waals surface area contributed by atoms with Gasteiger partial charge in [0.15, 0.2) is 0 Å². The molecule has 138 valence electrons. The van der Waals surface area contributed by atoms with Crippen molar-refractivity contribution in [3.05, 3.63) is 27.7 Å². The molecule has 3 N–H and O–H groups in total. The molecule has 1 aromatic rings. The van der Waals surface area contributed by atoms with Gasteiger partial charge in [0.25, 0.3) is 0 Å². The third-order valence-electron chi connectivity index (χ3n) is 3.88. The summed E-state index contributed by atoms with van der Waals surface area (Å²) in [4.78, 5) is 23.6. The van der Waals surface area contributed by atoms with Crippen LogP contribution in [0.25, 0.3) is 0 Å². The molecule has 1 aromatic carbocycles. The zero-order valence-corrected chi connectivity index (χ0v) is 15.8. The molecule has 0 spiro atoms. The van der Waals surface area contributed by atoms with Crippen LogP contribution in [0.4, 0.5) is 4.79 Å². The Morgan fingerprint density at radius 2 is 1.96 bits per heavy atom. The van der Waals surface area contributed by atoms with Crippen molar-refractivity contribution >= 4 is 35.1 Å². The van der Waals surface area contributed by atoms with Crippen molar-refractivity contribution in [1.29, 1.82) is 0 Å². The summed E-state index contributed by atoms with van der Waals surface area (Å²) in [7, 11) is 0. The molecular formula is C17H23Cl2N3O3. The highest BCUT2D eigenvalue weighted by Crippen LogP contribution is 2.40. The number of fused-ring (bicyclic) bond motifs is 1. The summed E-state index contributed by atoms with van der Waals surface area (Å²) in [5, 5.41) is 9.20. The van der Waals surface area contributed by atoms with Crippen LogP contribution in [0.1, 0.15) is 38.3 Å². The number of carbonyl (C=O) groups excluding carboxylic acids is 2. The second kappa shape index (κ2) is 9.15. The van der Waals surface area contributed by atoms with Gasteiger partial charge in [-0.2, -0.15) is 0 Å². The fourth-order valence-electron chi connectivity index (χ4n) is 2.51. The molecule has 1 unspecified atom stereocenters. The zero-order valence-electron chi connectivity index (χ0n) is 14.3. The highest BCUT2D eigenvalue weighted by atomic mass is 35.5. The van der Waals surface area contributed by atoms with Gasteiger partial charge in [0.2, 0.25) is 5.91 Å². The van der Waals surface area contributed by atoms with Crippen LogP contribution in [0.15, 0.2) is 12.1 Å². The lowest BCUT2D eigenvalue weighted by Crippen LogP contribution is -2.42. The van der Waals surface area contributed by atoms with E-state index < -0.39 is 0 Å². The van der Waals surface area contributed by atoms with Gasteiger partial charge in [-0.1, -0.05) is 43.1 Å². The topological polar surface area (TPSA) is 79.5 Å². The molecule has 0 bridgehead atoms. The van der Waals surface area contributed by atoms with Gasteiger partial charge in [-0.25, -0.2) is 4.79 Å². The molecular weight excluding hydrogens is 365 g/mol. The Morgan fingerprint density at radius 3 is 2.68 bits per heavy atom. The predicted octanol–water partition coefficient (Wildman–Crippen LogP) is 3.28. The van der Waals surface area contributed by atoms with Gasteiger partial charge in [0, 0.05) is 24.6 Å². The summed E-state index contributed by atoms with van der Waals surface area (Å²) >= 11 is 12.3. The summed E-state index contributed by atoms with van der Waals surface area (Å²) in [5.41, 5.74) is 0.815. The van der Waals surface area contributed by atoms with Gasteiger partial charge in [-0.05, 0) is 18.9 Å². The number of rotatable bonds is 5. The normalized spacial score (nSPS) is 16.4. The summed E-state index contributed by atoms with van der Waals surface area (Å²) in [6.07, 6.45) is 1.53. The van der Waals surface area contributed by atoms with E-state index >= 15 is 0 Å². The zero-order chi connectivity index (χ0) is 18.4. The first-order chi connectivity index (χ1) is 11.9. The van der Waals surface area contributed by atoms with Crippen LogP contribution in [-0.4, -0.2) is 31.6 Å². The second-order valence-electron chi connectivity index (χ2n) is 6.17. The Bertz CT molecular complexity index is 638. The molecule has 1 aliphatic rings. The number of halogens is 2. The molecule has 0 aliphatic carbocycles. The van der Waals surface area contributed by atoms with E-state index in [0.29, 0.717) is 35.5 Å². The molecule has 0 saturated carbocycles. The van der Waals surface area contributed by atoms with Gasteiger partial charge >= 0.3 is 6.03 Å². The van der Waals surface area contributed by atoms with Crippen LogP contribution in [0.3, 0.4) is 0 Å².